The first-order valence-electron chi connectivity index (χ1n) is 5.78. The Morgan fingerprint density at radius 2 is 2.33 bits per heavy atom. The molecular weight excluding hydrogens is 228 g/mol. The lowest BCUT2D eigenvalue weighted by atomic mass is 10.1. The molecule has 0 spiro atoms. The average Bonchev–Trinajstić information content (AvgIpc) is 2.35. The number of carbonyl (C=O) groups excluding carboxylic acids is 1. The summed E-state index contributed by atoms with van der Waals surface area (Å²) in [5.41, 5.74) is 0.645. The molecule has 1 rings (SSSR count). The smallest absolute Gasteiger partial charge is 0.262 e. The number of nitriles is 1. The Morgan fingerprint density at radius 3 is 2.89 bits per heavy atom. The first-order chi connectivity index (χ1) is 8.56. The van der Waals surface area contributed by atoms with E-state index in [0.29, 0.717) is 5.56 Å². The number of hydrogen-bond acceptors (Lipinski definition) is 3. The fourth-order valence-corrected chi connectivity index (χ4v) is 1.33. The summed E-state index contributed by atoms with van der Waals surface area (Å²) in [6, 6.07) is 8.29. The second kappa shape index (κ2) is 6.45. The number of carbonyl (C=O) groups is 1. The van der Waals surface area contributed by atoms with Crippen LogP contribution in [-0.2, 0) is 4.79 Å². The van der Waals surface area contributed by atoms with E-state index in [9.17, 15) is 9.90 Å². The maximum Gasteiger partial charge on any atom is 0.262 e. The van der Waals surface area contributed by atoms with Crippen LogP contribution in [0.2, 0.25) is 0 Å². The van der Waals surface area contributed by atoms with E-state index in [0.717, 1.165) is 6.42 Å². The minimum absolute atomic E-state index is 0.0263. The van der Waals surface area contributed by atoms with Crippen molar-refractivity contribution in [2.45, 2.75) is 26.3 Å². The number of nitrogens with zero attached hydrogens (tertiary/aromatic N) is 1. The number of amides is 1. The van der Waals surface area contributed by atoms with Crippen molar-refractivity contribution in [3.05, 3.63) is 35.4 Å². The zero-order chi connectivity index (χ0) is 13.5. The second-order valence-corrected chi connectivity index (χ2v) is 4.05. The van der Waals surface area contributed by atoms with Gasteiger partial charge in [-0.15, -0.1) is 0 Å². The van der Waals surface area contributed by atoms with Crippen molar-refractivity contribution in [2.75, 3.05) is 0 Å². The van der Waals surface area contributed by atoms with Gasteiger partial charge in [0.25, 0.3) is 5.91 Å². The molecule has 0 radical (unpaired) electrons. The van der Waals surface area contributed by atoms with Gasteiger partial charge in [0.2, 0.25) is 0 Å². The number of rotatable bonds is 4. The van der Waals surface area contributed by atoms with Crippen molar-refractivity contribution in [3.8, 4) is 11.8 Å². The molecule has 0 heterocycles. The van der Waals surface area contributed by atoms with Crippen LogP contribution in [0.1, 0.15) is 25.8 Å². The van der Waals surface area contributed by atoms with Gasteiger partial charge in [0, 0.05) is 6.04 Å². The zero-order valence-electron chi connectivity index (χ0n) is 10.5. The van der Waals surface area contributed by atoms with Gasteiger partial charge in [0.05, 0.1) is 0 Å². The lowest BCUT2D eigenvalue weighted by molar-refractivity contribution is -0.117. The van der Waals surface area contributed by atoms with Crippen molar-refractivity contribution >= 4 is 12.0 Å². The van der Waals surface area contributed by atoms with Crippen LogP contribution in [0.15, 0.2) is 29.8 Å². The van der Waals surface area contributed by atoms with Crippen molar-refractivity contribution in [1.29, 1.82) is 5.26 Å². The van der Waals surface area contributed by atoms with Crippen molar-refractivity contribution in [1.82, 2.24) is 5.32 Å². The van der Waals surface area contributed by atoms with Crippen LogP contribution in [0.3, 0.4) is 0 Å². The highest BCUT2D eigenvalue weighted by atomic mass is 16.3. The van der Waals surface area contributed by atoms with Crippen LogP contribution in [0.4, 0.5) is 0 Å². The number of nitrogens with one attached hydrogen (secondary N) is 1. The van der Waals surface area contributed by atoms with Crippen molar-refractivity contribution < 1.29 is 9.90 Å². The molecule has 0 saturated heterocycles. The molecule has 0 aliphatic heterocycles. The quantitative estimate of drug-likeness (QED) is 0.630. The molecule has 4 heteroatoms. The molecule has 0 fully saturated rings. The lowest BCUT2D eigenvalue weighted by Crippen LogP contribution is -2.32. The van der Waals surface area contributed by atoms with Gasteiger partial charge in [-0.25, -0.2) is 0 Å². The number of phenols is 1. The highest BCUT2D eigenvalue weighted by Gasteiger charge is 2.11. The van der Waals surface area contributed by atoms with E-state index in [1.54, 1.807) is 12.1 Å². The van der Waals surface area contributed by atoms with Gasteiger partial charge in [-0.2, -0.15) is 5.26 Å². The number of hydrogen-bond donors (Lipinski definition) is 2. The fraction of sp³-hybridized carbons (Fsp3) is 0.286. The Kier molecular flexibility index (Phi) is 4.94. The summed E-state index contributed by atoms with van der Waals surface area (Å²) >= 11 is 0. The molecule has 0 aliphatic rings. The summed E-state index contributed by atoms with van der Waals surface area (Å²) < 4.78 is 0. The van der Waals surface area contributed by atoms with E-state index < -0.39 is 5.91 Å². The van der Waals surface area contributed by atoms with Crippen LogP contribution in [0, 0.1) is 11.3 Å². The lowest BCUT2D eigenvalue weighted by Gasteiger charge is -2.10. The standard InChI is InChI=1S/C14H16N2O2/c1-3-10(2)16-14(18)12(9-15)7-11-5-4-6-13(17)8-11/h4-8,10,17H,3H2,1-2H3,(H,16,18)/b12-7+/t10-/m1/s1. The van der Waals surface area contributed by atoms with E-state index in [1.165, 1.54) is 18.2 Å². The molecule has 1 atom stereocenters. The molecule has 0 aromatic heterocycles. The third-order valence-electron chi connectivity index (χ3n) is 2.54. The molecule has 4 nitrogen and oxygen atoms in total. The Labute approximate surface area is 107 Å². The molecule has 2 N–H and O–H groups in total. The van der Waals surface area contributed by atoms with Gasteiger partial charge in [-0.05, 0) is 37.1 Å². The third kappa shape index (κ3) is 3.95. The van der Waals surface area contributed by atoms with Gasteiger partial charge in [-0.3, -0.25) is 4.79 Å². The largest absolute Gasteiger partial charge is 0.508 e. The van der Waals surface area contributed by atoms with Gasteiger partial charge in [-0.1, -0.05) is 19.1 Å². The molecule has 18 heavy (non-hydrogen) atoms. The second-order valence-electron chi connectivity index (χ2n) is 4.05. The Balaban J connectivity index is 2.90. The maximum atomic E-state index is 11.8. The molecule has 0 aliphatic carbocycles. The SMILES string of the molecule is CC[C@@H](C)NC(=O)/C(C#N)=C/c1cccc(O)c1. The molecule has 1 aromatic carbocycles. The summed E-state index contributed by atoms with van der Waals surface area (Å²) in [5, 5.41) is 21.0. The molecule has 0 unspecified atom stereocenters. The summed E-state index contributed by atoms with van der Waals surface area (Å²) in [4.78, 5) is 11.8. The monoisotopic (exact) mass is 244 g/mol. The van der Waals surface area contributed by atoms with Crippen LogP contribution in [0.5, 0.6) is 5.75 Å². The molecular formula is C14H16N2O2. The van der Waals surface area contributed by atoms with Crippen LogP contribution >= 0.6 is 0 Å². The topological polar surface area (TPSA) is 73.1 Å². The molecule has 1 amide bonds. The highest BCUT2D eigenvalue weighted by molar-refractivity contribution is 6.01. The fourth-order valence-electron chi connectivity index (χ4n) is 1.33. The number of benzene rings is 1. The predicted molar refractivity (Wildman–Crippen MR) is 69.6 cm³/mol. The highest BCUT2D eigenvalue weighted by Crippen LogP contribution is 2.14. The third-order valence-corrected chi connectivity index (χ3v) is 2.54. The Morgan fingerprint density at radius 1 is 1.61 bits per heavy atom. The minimum Gasteiger partial charge on any atom is -0.508 e. The first kappa shape index (κ1) is 13.8. The Hall–Kier alpha value is -2.28. The zero-order valence-corrected chi connectivity index (χ0v) is 10.5. The van der Waals surface area contributed by atoms with Crippen molar-refractivity contribution in [3.63, 3.8) is 0 Å². The Bertz CT molecular complexity index is 501. The predicted octanol–water partition coefficient (Wildman–Crippen LogP) is 2.21. The molecule has 0 bridgehead atoms. The van der Waals surface area contributed by atoms with E-state index in [2.05, 4.69) is 5.32 Å². The molecule has 0 saturated carbocycles. The minimum atomic E-state index is -0.393. The van der Waals surface area contributed by atoms with Gasteiger partial charge >= 0.3 is 0 Å². The normalized spacial score (nSPS) is 12.6. The van der Waals surface area contributed by atoms with Crippen LogP contribution < -0.4 is 5.32 Å². The van der Waals surface area contributed by atoms with E-state index in [1.807, 2.05) is 19.9 Å². The van der Waals surface area contributed by atoms with Crippen molar-refractivity contribution in [2.24, 2.45) is 0 Å². The maximum absolute atomic E-state index is 11.8. The average molecular weight is 244 g/mol. The van der Waals surface area contributed by atoms with Crippen LogP contribution in [-0.4, -0.2) is 17.1 Å². The van der Waals surface area contributed by atoms with E-state index in [-0.39, 0.29) is 17.4 Å². The van der Waals surface area contributed by atoms with Crippen LogP contribution in [0.25, 0.3) is 6.08 Å². The summed E-state index contributed by atoms with van der Waals surface area (Å²) in [6.45, 7) is 3.83. The van der Waals surface area contributed by atoms with Gasteiger partial charge < -0.3 is 10.4 Å². The number of phenolic OH excluding ortho intramolecular Hbond substituents is 1. The molecule has 94 valence electrons. The number of aromatic hydroxyl groups is 1. The van der Waals surface area contributed by atoms with Gasteiger partial charge in [0.15, 0.2) is 0 Å². The van der Waals surface area contributed by atoms with E-state index in [4.69, 9.17) is 5.26 Å². The summed E-state index contributed by atoms with van der Waals surface area (Å²) in [7, 11) is 0. The summed E-state index contributed by atoms with van der Waals surface area (Å²) in [5.74, 6) is -0.293. The first-order valence-corrected chi connectivity index (χ1v) is 5.78. The molecule has 1 aromatic rings. The van der Waals surface area contributed by atoms with E-state index >= 15 is 0 Å². The summed E-state index contributed by atoms with van der Waals surface area (Å²) in [6.07, 6.45) is 2.26. The van der Waals surface area contributed by atoms with Gasteiger partial charge in [0.1, 0.15) is 17.4 Å².